The van der Waals surface area contributed by atoms with Gasteiger partial charge in [-0.05, 0) is 79.8 Å². The molecule has 0 unspecified atom stereocenters. The van der Waals surface area contributed by atoms with Crippen LogP contribution in [0.3, 0.4) is 0 Å². The maximum atomic E-state index is 13.8. The molecule has 3 aromatic rings. The Morgan fingerprint density at radius 2 is 1.57 bits per heavy atom. The van der Waals surface area contributed by atoms with E-state index in [0.717, 1.165) is 33.2 Å². The molecule has 0 fully saturated rings. The molecular formula is C28H34N2O6S. The molecule has 198 valence electrons. The SMILES string of the molecule is COc1cccc(CCCNC(=O)CN(c2cc(C)cc(C)c2)S(=O)(=O)c2ccc(OC)c(OC)c2)c1. The lowest BCUT2D eigenvalue weighted by molar-refractivity contribution is -0.119. The van der Waals surface area contributed by atoms with Gasteiger partial charge >= 0.3 is 0 Å². The van der Waals surface area contributed by atoms with Gasteiger partial charge in [0.1, 0.15) is 12.3 Å². The highest BCUT2D eigenvalue weighted by Gasteiger charge is 2.28. The maximum Gasteiger partial charge on any atom is 0.264 e. The van der Waals surface area contributed by atoms with E-state index in [0.29, 0.717) is 24.4 Å². The van der Waals surface area contributed by atoms with Gasteiger partial charge in [0, 0.05) is 12.6 Å². The van der Waals surface area contributed by atoms with Gasteiger partial charge in [0.05, 0.1) is 31.9 Å². The van der Waals surface area contributed by atoms with E-state index in [4.69, 9.17) is 14.2 Å². The highest BCUT2D eigenvalue weighted by molar-refractivity contribution is 7.92. The number of sulfonamides is 1. The Balaban J connectivity index is 1.80. The number of aryl methyl sites for hydroxylation is 3. The number of ether oxygens (including phenoxy) is 3. The zero-order valence-corrected chi connectivity index (χ0v) is 22.7. The molecule has 0 saturated heterocycles. The number of nitrogens with one attached hydrogen (secondary N) is 1. The van der Waals surface area contributed by atoms with Crippen molar-refractivity contribution < 1.29 is 27.4 Å². The van der Waals surface area contributed by atoms with Crippen LogP contribution in [0.4, 0.5) is 5.69 Å². The maximum absolute atomic E-state index is 13.8. The normalized spacial score (nSPS) is 11.1. The second-order valence-electron chi connectivity index (χ2n) is 8.68. The number of nitrogens with zero attached hydrogens (tertiary/aromatic N) is 1. The largest absolute Gasteiger partial charge is 0.497 e. The summed E-state index contributed by atoms with van der Waals surface area (Å²) >= 11 is 0. The summed E-state index contributed by atoms with van der Waals surface area (Å²) in [6, 6.07) is 17.6. The van der Waals surface area contributed by atoms with Crippen LogP contribution in [0.15, 0.2) is 65.6 Å². The molecule has 8 nitrogen and oxygen atoms in total. The van der Waals surface area contributed by atoms with E-state index in [-0.39, 0.29) is 17.2 Å². The summed E-state index contributed by atoms with van der Waals surface area (Å²) in [6.45, 7) is 3.82. The molecule has 0 aromatic heterocycles. The highest BCUT2D eigenvalue weighted by Crippen LogP contribution is 2.32. The molecule has 1 amide bonds. The minimum absolute atomic E-state index is 0.00451. The number of hydrogen-bond acceptors (Lipinski definition) is 6. The molecule has 0 aliphatic heterocycles. The van der Waals surface area contributed by atoms with Crippen LogP contribution in [0.1, 0.15) is 23.1 Å². The van der Waals surface area contributed by atoms with Crippen LogP contribution in [0.25, 0.3) is 0 Å². The minimum Gasteiger partial charge on any atom is -0.497 e. The number of carbonyl (C=O) groups excluding carboxylic acids is 1. The Morgan fingerprint density at radius 3 is 2.22 bits per heavy atom. The van der Waals surface area contributed by atoms with Crippen molar-refractivity contribution in [3.63, 3.8) is 0 Å². The minimum atomic E-state index is -4.10. The molecule has 37 heavy (non-hydrogen) atoms. The number of benzene rings is 3. The highest BCUT2D eigenvalue weighted by atomic mass is 32.2. The van der Waals surface area contributed by atoms with E-state index >= 15 is 0 Å². The van der Waals surface area contributed by atoms with Crippen molar-refractivity contribution >= 4 is 21.6 Å². The Labute approximate surface area is 219 Å². The third kappa shape index (κ3) is 7.16. The summed E-state index contributed by atoms with van der Waals surface area (Å²) in [5.41, 5.74) is 3.29. The topological polar surface area (TPSA) is 94.2 Å². The number of anilines is 1. The first-order chi connectivity index (χ1) is 17.7. The number of carbonyl (C=O) groups is 1. The van der Waals surface area contributed by atoms with Crippen LogP contribution in [0, 0.1) is 13.8 Å². The molecule has 0 spiro atoms. The van der Waals surface area contributed by atoms with E-state index in [1.807, 2.05) is 44.2 Å². The van der Waals surface area contributed by atoms with Crippen LogP contribution in [0.5, 0.6) is 17.2 Å². The standard InChI is InChI=1S/C28H34N2O6S/c1-20-14-21(2)16-23(15-20)30(37(32,33)25-11-12-26(35-4)27(18-25)36-5)19-28(31)29-13-7-9-22-8-6-10-24(17-22)34-3/h6,8,10-12,14-18H,7,9,13,19H2,1-5H3,(H,29,31). The summed E-state index contributed by atoms with van der Waals surface area (Å²) in [4.78, 5) is 12.9. The van der Waals surface area contributed by atoms with Crippen LogP contribution in [-0.2, 0) is 21.2 Å². The van der Waals surface area contributed by atoms with E-state index in [1.165, 1.54) is 32.4 Å². The van der Waals surface area contributed by atoms with Gasteiger partial charge in [-0.1, -0.05) is 18.2 Å². The van der Waals surface area contributed by atoms with Crippen LogP contribution >= 0.6 is 0 Å². The summed E-state index contributed by atoms with van der Waals surface area (Å²) < 4.78 is 44.5. The Morgan fingerprint density at radius 1 is 0.865 bits per heavy atom. The lowest BCUT2D eigenvalue weighted by Gasteiger charge is -2.25. The van der Waals surface area contributed by atoms with Gasteiger partial charge in [0.25, 0.3) is 10.0 Å². The van der Waals surface area contributed by atoms with Crippen molar-refractivity contribution in [1.82, 2.24) is 5.32 Å². The summed E-state index contributed by atoms with van der Waals surface area (Å²) in [5, 5.41) is 2.85. The molecule has 0 atom stereocenters. The summed E-state index contributed by atoms with van der Waals surface area (Å²) in [5.74, 6) is 1.08. The van der Waals surface area contributed by atoms with E-state index in [9.17, 15) is 13.2 Å². The molecule has 9 heteroatoms. The van der Waals surface area contributed by atoms with Crippen molar-refractivity contribution in [2.75, 3.05) is 38.7 Å². The van der Waals surface area contributed by atoms with Crippen molar-refractivity contribution in [2.45, 2.75) is 31.6 Å². The third-order valence-corrected chi connectivity index (χ3v) is 7.59. The molecule has 3 rings (SSSR count). The van der Waals surface area contributed by atoms with Crippen molar-refractivity contribution in [1.29, 1.82) is 0 Å². The third-order valence-electron chi connectivity index (χ3n) is 5.82. The zero-order valence-electron chi connectivity index (χ0n) is 21.9. The first-order valence-corrected chi connectivity index (χ1v) is 13.3. The van der Waals surface area contributed by atoms with Gasteiger partial charge in [0.15, 0.2) is 11.5 Å². The Bertz CT molecular complexity index is 1320. The van der Waals surface area contributed by atoms with Gasteiger partial charge in [-0.3, -0.25) is 9.10 Å². The number of methoxy groups -OCH3 is 3. The fourth-order valence-corrected chi connectivity index (χ4v) is 5.47. The molecule has 0 radical (unpaired) electrons. The molecule has 0 heterocycles. The fourth-order valence-electron chi connectivity index (χ4n) is 4.05. The van der Waals surface area contributed by atoms with Crippen molar-refractivity contribution in [2.24, 2.45) is 0 Å². The van der Waals surface area contributed by atoms with E-state index in [1.54, 1.807) is 19.2 Å². The number of amides is 1. The van der Waals surface area contributed by atoms with Gasteiger partial charge in [0.2, 0.25) is 5.91 Å². The van der Waals surface area contributed by atoms with E-state index in [2.05, 4.69) is 5.32 Å². The second kappa shape index (κ2) is 12.5. The van der Waals surface area contributed by atoms with Gasteiger partial charge < -0.3 is 19.5 Å². The molecule has 0 aliphatic rings. The Kier molecular flexibility index (Phi) is 9.41. The monoisotopic (exact) mass is 526 g/mol. The van der Waals surface area contributed by atoms with Crippen molar-refractivity contribution in [3.05, 3.63) is 77.4 Å². The van der Waals surface area contributed by atoms with Crippen LogP contribution in [-0.4, -0.2) is 48.7 Å². The average molecular weight is 527 g/mol. The van der Waals surface area contributed by atoms with Crippen molar-refractivity contribution in [3.8, 4) is 17.2 Å². The number of hydrogen-bond donors (Lipinski definition) is 1. The Hall–Kier alpha value is -3.72. The fraction of sp³-hybridized carbons (Fsp3) is 0.321. The zero-order chi connectivity index (χ0) is 27.0. The molecule has 0 aliphatic carbocycles. The molecule has 0 bridgehead atoms. The molecule has 1 N–H and O–H groups in total. The van der Waals surface area contributed by atoms with Crippen LogP contribution in [0.2, 0.25) is 0 Å². The second-order valence-corrected chi connectivity index (χ2v) is 10.5. The smallest absolute Gasteiger partial charge is 0.264 e. The predicted molar refractivity (Wildman–Crippen MR) is 144 cm³/mol. The molecular weight excluding hydrogens is 492 g/mol. The van der Waals surface area contributed by atoms with E-state index < -0.39 is 15.9 Å². The van der Waals surface area contributed by atoms with Gasteiger partial charge in [-0.25, -0.2) is 8.42 Å². The quantitative estimate of drug-likeness (QED) is 0.354. The molecule has 0 saturated carbocycles. The predicted octanol–water partition coefficient (Wildman–Crippen LogP) is 4.27. The molecule has 3 aromatic carbocycles. The van der Waals surface area contributed by atoms with Crippen LogP contribution < -0.4 is 23.8 Å². The summed E-state index contributed by atoms with van der Waals surface area (Å²) in [7, 11) is 0.441. The van der Waals surface area contributed by atoms with Gasteiger partial charge in [-0.2, -0.15) is 0 Å². The summed E-state index contributed by atoms with van der Waals surface area (Å²) in [6.07, 6.45) is 1.45. The lowest BCUT2D eigenvalue weighted by Crippen LogP contribution is -2.41. The average Bonchev–Trinajstić information content (AvgIpc) is 2.88. The lowest BCUT2D eigenvalue weighted by atomic mass is 10.1. The first kappa shape index (κ1) is 27.9. The number of rotatable bonds is 12. The first-order valence-electron chi connectivity index (χ1n) is 11.9. The van der Waals surface area contributed by atoms with Gasteiger partial charge in [-0.15, -0.1) is 0 Å².